The first kappa shape index (κ1) is 13.7. The van der Waals surface area contributed by atoms with Gasteiger partial charge in [0.05, 0.1) is 0 Å². The highest BCUT2D eigenvalue weighted by Gasteiger charge is 2.20. The third kappa shape index (κ3) is 3.16. The molecule has 1 aromatic rings. The van der Waals surface area contributed by atoms with Gasteiger partial charge in [-0.3, -0.25) is 4.79 Å². The molecule has 1 aliphatic rings. The van der Waals surface area contributed by atoms with E-state index in [0.717, 1.165) is 55.2 Å². The first-order valence-electron chi connectivity index (χ1n) is 6.82. The van der Waals surface area contributed by atoms with Gasteiger partial charge in [0.25, 0.3) is 0 Å². The number of unbranched alkanes of at least 4 members (excludes halogenated alkanes) is 3. The van der Waals surface area contributed by atoms with Crippen LogP contribution in [0.3, 0.4) is 0 Å². The molecule has 101 valence electrons. The molecule has 0 amide bonds. The summed E-state index contributed by atoms with van der Waals surface area (Å²) in [5, 5.41) is 19.5. The Morgan fingerprint density at radius 1 is 1.21 bits per heavy atom. The van der Waals surface area contributed by atoms with E-state index >= 15 is 0 Å². The van der Waals surface area contributed by atoms with Gasteiger partial charge >= 0.3 is 0 Å². The van der Waals surface area contributed by atoms with Crippen molar-refractivity contribution in [1.82, 2.24) is 0 Å². The number of benzene rings is 1. The average molecular weight is 259 g/mol. The summed E-state index contributed by atoms with van der Waals surface area (Å²) in [6.07, 6.45) is 12.0. The lowest BCUT2D eigenvalue weighted by molar-refractivity contribution is 0.400. The number of phenols is 2. The van der Waals surface area contributed by atoms with Crippen LogP contribution < -0.4 is 0 Å². The van der Waals surface area contributed by atoms with Crippen LogP contribution in [-0.4, -0.2) is 16.5 Å². The Labute approximate surface area is 113 Å². The second kappa shape index (κ2) is 6.41. The number of carbonyl (C=O) groups excluding carboxylic acids is 1. The van der Waals surface area contributed by atoms with E-state index in [1.54, 1.807) is 6.07 Å². The van der Waals surface area contributed by atoms with Gasteiger partial charge in [0.1, 0.15) is 0 Å². The second-order valence-electron chi connectivity index (χ2n) is 4.94. The lowest BCUT2D eigenvalue weighted by Gasteiger charge is -2.08. The molecule has 0 atom stereocenters. The average Bonchev–Trinajstić information content (AvgIpc) is 2.89. The van der Waals surface area contributed by atoms with Crippen LogP contribution >= 0.6 is 0 Å². The molecule has 1 aliphatic carbocycles. The van der Waals surface area contributed by atoms with Crippen molar-refractivity contribution in [2.75, 3.05) is 0 Å². The Morgan fingerprint density at radius 2 is 2.00 bits per heavy atom. The number of rotatable bonds is 6. The normalized spacial score (nSPS) is 13.9. The van der Waals surface area contributed by atoms with Crippen LogP contribution in [0, 0.1) is 0 Å². The molecule has 0 aromatic heterocycles. The number of fused-ring (bicyclic) bond motifs is 1. The highest BCUT2D eigenvalue weighted by Crippen LogP contribution is 2.39. The minimum atomic E-state index is -0.0316. The van der Waals surface area contributed by atoms with E-state index in [2.05, 4.69) is 6.08 Å². The third-order valence-corrected chi connectivity index (χ3v) is 3.58. The molecule has 1 aromatic carbocycles. The molecule has 2 rings (SSSR count). The Kier molecular flexibility index (Phi) is 4.61. The van der Waals surface area contributed by atoms with Gasteiger partial charge in [-0.1, -0.05) is 12.2 Å². The van der Waals surface area contributed by atoms with Crippen LogP contribution in [0.4, 0.5) is 0 Å². The molecule has 0 bridgehead atoms. The fourth-order valence-corrected chi connectivity index (χ4v) is 2.60. The van der Waals surface area contributed by atoms with E-state index in [-0.39, 0.29) is 11.5 Å². The van der Waals surface area contributed by atoms with E-state index < -0.39 is 0 Å². The van der Waals surface area contributed by atoms with Crippen LogP contribution in [0.1, 0.15) is 48.8 Å². The standard InChI is InChI=1S/C16H19O3/c17-10-5-3-1-2-4-7-12-11-15(18)16(19)14-9-6-8-13(12)14/h4,7,11,18-19H,1-3,5-6,8-9H2. The number of phenolic OH excluding ortho intramolecular Hbond substituents is 2. The second-order valence-corrected chi connectivity index (χ2v) is 4.94. The van der Waals surface area contributed by atoms with Crippen LogP contribution in [0.15, 0.2) is 12.1 Å². The molecule has 3 heteroatoms. The monoisotopic (exact) mass is 259 g/mol. The summed E-state index contributed by atoms with van der Waals surface area (Å²) in [4.78, 5) is 10.1. The minimum Gasteiger partial charge on any atom is -0.504 e. The fourth-order valence-electron chi connectivity index (χ4n) is 2.60. The molecule has 0 heterocycles. The summed E-state index contributed by atoms with van der Waals surface area (Å²) >= 11 is 0. The van der Waals surface area contributed by atoms with Crippen molar-refractivity contribution in [3.05, 3.63) is 28.8 Å². The molecule has 0 unspecified atom stereocenters. The Hall–Kier alpha value is -1.77. The van der Waals surface area contributed by atoms with E-state index in [4.69, 9.17) is 0 Å². The van der Waals surface area contributed by atoms with Crippen LogP contribution in [0.2, 0.25) is 0 Å². The number of hydrogen-bond donors (Lipinski definition) is 2. The summed E-state index contributed by atoms with van der Waals surface area (Å²) in [6, 6.07) is 1.63. The molecule has 0 saturated carbocycles. The fraction of sp³-hybridized carbons (Fsp3) is 0.438. The maximum Gasteiger partial charge on any atom is 0.198 e. The van der Waals surface area contributed by atoms with Crippen molar-refractivity contribution in [3.63, 3.8) is 0 Å². The zero-order valence-electron chi connectivity index (χ0n) is 11.0. The summed E-state index contributed by atoms with van der Waals surface area (Å²) in [6.45, 7) is 0. The summed E-state index contributed by atoms with van der Waals surface area (Å²) in [7, 11) is 0. The van der Waals surface area contributed by atoms with Gasteiger partial charge in [-0.15, -0.1) is 0 Å². The Morgan fingerprint density at radius 3 is 2.79 bits per heavy atom. The van der Waals surface area contributed by atoms with Crippen molar-refractivity contribution < 1.29 is 15.0 Å². The van der Waals surface area contributed by atoms with Crippen molar-refractivity contribution >= 4 is 12.4 Å². The van der Waals surface area contributed by atoms with Crippen molar-refractivity contribution in [1.29, 1.82) is 0 Å². The van der Waals surface area contributed by atoms with Crippen molar-refractivity contribution in [2.45, 2.75) is 44.9 Å². The molecular formula is C16H19O3. The summed E-state index contributed by atoms with van der Waals surface area (Å²) in [5.74, 6) is 0.0158. The van der Waals surface area contributed by atoms with Gasteiger partial charge in [-0.2, -0.15) is 0 Å². The van der Waals surface area contributed by atoms with E-state index in [9.17, 15) is 15.0 Å². The lowest BCUT2D eigenvalue weighted by Crippen LogP contribution is -1.89. The molecule has 2 N–H and O–H groups in total. The molecule has 0 spiro atoms. The smallest absolute Gasteiger partial charge is 0.198 e. The highest BCUT2D eigenvalue weighted by molar-refractivity contribution is 5.64. The van der Waals surface area contributed by atoms with Crippen LogP contribution in [0.5, 0.6) is 11.5 Å². The maximum atomic E-state index is 10.1. The molecule has 0 saturated heterocycles. The summed E-state index contributed by atoms with van der Waals surface area (Å²) in [5.41, 5.74) is 3.06. The molecule has 3 nitrogen and oxygen atoms in total. The Balaban J connectivity index is 2.05. The van der Waals surface area contributed by atoms with Gasteiger partial charge in [0.2, 0.25) is 0 Å². The molecule has 0 fully saturated rings. The highest BCUT2D eigenvalue weighted by atomic mass is 16.3. The van der Waals surface area contributed by atoms with E-state index in [1.165, 1.54) is 0 Å². The maximum absolute atomic E-state index is 10.1. The van der Waals surface area contributed by atoms with Crippen molar-refractivity contribution in [3.8, 4) is 11.5 Å². The molecule has 1 radical (unpaired) electrons. The lowest BCUT2D eigenvalue weighted by atomic mass is 10.0. The predicted molar refractivity (Wildman–Crippen MR) is 75.0 cm³/mol. The first-order chi connectivity index (χ1) is 9.24. The van der Waals surface area contributed by atoms with Gasteiger partial charge < -0.3 is 10.2 Å². The van der Waals surface area contributed by atoms with Gasteiger partial charge in [-0.05, 0) is 55.7 Å². The number of aromatic hydroxyl groups is 2. The molecular weight excluding hydrogens is 240 g/mol. The van der Waals surface area contributed by atoms with E-state index in [0.29, 0.717) is 6.42 Å². The van der Waals surface area contributed by atoms with Gasteiger partial charge in [0.15, 0.2) is 17.8 Å². The van der Waals surface area contributed by atoms with Crippen LogP contribution in [0.25, 0.3) is 6.08 Å². The minimum absolute atomic E-state index is 0.0316. The zero-order chi connectivity index (χ0) is 13.7. The van der Waals surface area contributed by atoms with Gasteiger partial charge in [0, 0.05) is 12.0 Å². The topological polar surface area (TPSA) is 57.5 Å². The number of hydrogen-bond acceptors (Lipinski definition) is 3. The van der Waals surface area contributed by atoms with Gasteiger partial charge in [-0.25, -0.2) is 0 Å². The Bertz CT molecular complexity index is 489. The third-order valence-electron chi connectivity index (χ3n) is 3.58. The first-order valence-corrected chi connectivity index (χ1v) is 6.82. The van der Waals surface area contributed by atoms with Crippen molar-refractivity contribution in [2.24, 2.45) is 0 Å². The zero-order valence-corrected chi connectivity index (χ0v) is 11.0. The SMILES string of the molecule is O=[C]CCCCC=Cc1cc(O)c(O)c2c1CCC2. The molecule has 19 heavy (non-hydrogen) atoms. The van der Waals surface area contributed by atoms with E-state index in [1.807, 2.05) is 12.4 Å². The summed E-state index contributed by atoms with van der Waals surface area (Å²) < 4.78 is 0. The van der Waals surface area contributed by atoms with Crippen LogP contribution in [-0.2, 0) is 17.6 Å². The molecule has 0 aliphatic heterocycles. The largest absolute Gasteiger partial charge is 0.504 e. The quantitative estimate of drug-likeness (QED) is 0.609. The number of allylic oxidation sites excluding steroid dienone is 1. The predicted octanol–water partition coefficient (Wildman–Crippen LogP) is 3.27.